The fourth-order valence-electron chi connectivity index (χ4n) is 1.46. The van der Waals surface area contributed by atoms with E-state index in [-0.39, 0.29) is 24.0 Å². The fraction of sp³-hybridized carbons (Fsp3) is 0.400. The summed E-state index contributed by atoms with van der Waals surface area (Å²) in [4.78, 5) is 4.36. The number of ether oxygens (including phenoxy) is 1. The molecule has 0 bridgehead atoms. The minimum absolute atomic E-state index is 0. The highest BCUT2D eigenvalue weighted by molar-refractivity contribution is 14.0. The minimum Gasteiger partial charge on any atom is -0.375 e. The van der Waals surface area contributed by atoms with Gasteiger partial charge in [-0.2, -0.15) is 0 Å². The molecule has 4 nitrogen and oxygen atoms in total. The number of hydrogen-bond donors (Lipinski definition) is 2. The van der Waals surface area contributed by atoms with Crippen molar-refractivity contribution >= 4 is 29.9 Å². The van der Waals surface area contributed by atoms with Crippen LogP contribution in [0.1, 0.15) is 12.5 Å². The first kappa shape index (κ1) is 18.7. The Labute approximate surface area is 138 Å². The van der Waals surface area contributed by atoms with E-state index in [1.807, 2.05) is 37.3 Å². The van der Waals surface area contributed by atoms with E-state index >= 15 is 0 Å². The van der Waals surface area contributed by atoms with Gasteiger partial charge in [0.15, 0.2) is 5.96 Å². The summed E-state index contributed by atoms with van der Waals surface area (Å²) in [7, 11) is 0. The van der Waals surface area contributed by atoms with Gasteiger partial charge >= 0.3 is 0 Å². The average Bonchev–Trinajstić information content (AvgIpc) is 2.45. The van der Waals surface area contributed by atoms with Gasteiger partial charge in [0.2, 0.25) is 0 Å². The highest BCUT2D eigenvalue weighted by Crippen LogP contribution is 1.99. The second kappa shape index (κ2) is 12.8. The maximum atomic E-state index is 5.55. The first-order valence-corrected chi connectivity index (χ1v) is 6.44. The van der Waals surface area contributed by atoms with E-state index in [9.17, 15) is 0 Å². The van der Waals surface area contributed by atoms with Gasteiger partial charge in [-0.05, 0) is 12.5 Å². The Kier molecular flexibility index (Phi) is 12.0. The summed E-state index contributed by atoms with van der Waals surface area (Å²) in [5.41, 5.74) is 1.17. The van der Waals surface area contributed by atoms with Crippen LogP contribution in [0.4, 0.5) is 0 Å². The third kappa shape index (κ3) is 8.77. The molecule has 0 atom stereocenters. The smallest absolute Gasteiger partial charge is 0.192 e. The molecule has 0 radical (unpaired) electrons. The number of nitrogens with zero attached hydrogens (tertiary/aromatic N) is 1. The van der Waals surface area contributed by atoms with Crippen molar-refractivity contribution in [1.29, 1.82) is 0 Å². The molecule has 0 amide bonds. The second-order valence-electron chi connectivity index (χ2n) is 3.86. The van der Waals surface area contributed by atoms with Gasteiger partial charge in [-0.15, -0.1) is 30.4 Å². The molecule has 0 heterocycles. The van der Waals surface area contributed by atoms with Crippen molar-refractivity contribution in [3.63, 3.8) is 0 Å². The van der Waals surface area contributed by atoms with Gasteiger partial charge in [0.05, 0.1) is 26.3 Å². The van der Waals surface area contributed by atoms with Gasteiger partial charge < -0.3 is 15.4 Å². The number of terminal acetylenes is 1. The number of benzene rings is 1. The van der Waals surface area contributed by atoms with Crippen molar-refractivity contribution in [2.75, 3.05) is 26.2 Å². The molecule has 0 unspecified atom stereocenters. The van der Waals surface area contributed by atoms with Gasteiger partial charge in [-0.1, -0.05) is 36.3 Å². The molecule has 0 aliphatic rings. The van der Waals surface area contributed by atoms with E-state index in [2.05, 4.69) is 21.5 Å². The molecule has 1 aromatic carbocycles. The highest BCUT2D eigenvalue weighted by Gasteiger charge is 1.95. The zero-order valence-electron chi connectivity index (χ0n) is 11.8. The van der Waals surface area contributed by atoms with Crippen LogP contribution in [-0.2, 0) is 11.3 Å². The molecule has 0 spiro atoms. The first-order chi connectivity index (χ1) is 9.36. The number of rotatable bonds is 7. The zero-order valence-corrected chi connectivity index (χ0v) is 14.1. The van der Waals surface area contributed by atoms with Gasteiger partial charge in [-0.3, -0.25) is 4.99 Å². The lowest BCUT2D eigenvalue weighted by Crippen LogP contribution is -2.37. The van der Waals surface area contributed by atoms with Crippen LogP contribution in [-0.4, -0.2) is 32.2 Å². The largest absolute Gasteiger partial charge is 0.375 e. The minimum atomic E-state index is 0. The fourth-order valence-corrected chi connectivity index (χ4v) is 1.46. The lowest BCUT2D eigenvalue weighted by Gasteiger charge is -2.08. The maximum Gasteiger partial charge on any atom is 0.192 e. The van der Waals surface area contributed by atoms with Crippen LogP contribution in [0.5, 0.6) is 0 Å². The molecule has 0 saturated carbocycles. The molecule has 0 saturated heterocycles. The van der Waals surface area contributed by atoms with Crippen LogP contribution in [0.25, 0.3) is 0 Å². The number of aliphatic imine (C=N–C) groups is 1. The van der Waals surface area contributed by atoms with Crippen LogP contribution in [0.2, 0.25) is 0 Å². The van der Waals surface area contributed by atoms with Crippen LogP contribution in [0.3, 0.4) is 0 Å². The highest BCUT2D eigenvalue weighted by atomic mass is 127. The van der Waals surface area contributed by atoms with E-state index in [4.69, 9.17) is 11.2 Å². The lowest BCUT2D eigenvalue weighted by atomic mass is 10.2. The standard InChI is InChI=1S/C15H21N3O.HI/c1-3-10-17-15(16-4-2)18-11-12-19-13-14-8-6-5-7-9-14;/h1,5-9H,4,10-13H2,2H3,(H2,16,17,18);1H. The summed E-state index contributed by atoms with van der Waals surface area (Å²) in [5.74, 6) is 3.24. The summed E-state index contributed by atoms with van der Waals surface area (Å²) in [6.45, 7) is 5.09. The van der Waals surface area contributed by atoms with Crippen molar-refractivity contribution in [2.45, 2.75) is 13.5 Å². The third-order valence-corrected chi connectivity index (χ3v) is 2.32. The summed E-state index contributed by atoms with van der Waals surface area (Å²) < 4.78 is 5.55. The van der Waals surface area contributed by atoms with Crippen molar-refractivity contribution in [3.05, 3.63) is 35.9 Å². The quantitative estimate of drug-likeness (QED) is 0.247. The number of halogens is 1. The lowest BCUT2D eigenvalue weighted by molar-refractivity contribution is 0.128. The molecule has 1 aromatic rings. The molecule has 0 fully saturated rings. The van der Waals surface area contributed by atoms with Crippen molar-refractivity contribution in [3.8, 4) is 12.3 Å². The first-order valence-electron chi connectivity index (χ1n) is 6.44. The van der Waals surface area contributed by atoms with Crippen LogP contribution in [0.15, 0.2) is 35.3 Å². The predicted molar refractivity (Wildman–Crippen MR) is 94.3 cm³/mol. The molecule has 20 heavy (non-hydrogen) atoms. The Morgan fingerprint density at radius 1 is 1.30 bits per heavy atom. The maximum absolute atomic E-state index is 5.55. The zero-order chi connectivity index (χ0) is 13.8. The van der Waals surface area contributed by atoms with Crippen molar-refractivity contribution in [1.82, 2.24) is 10.6 Å². The Balaban J connectivity index is 0.00000361. The molecule has 1 rings (SSSR count). The summed E-state index contributed by atoms with van der Waals surface area (Å²) in [6, 6.07) is 10.1. The van der Waals surface area contributed by atoms with Crippen molar-refractivity contribution < 1.29 is 4.74 Å². The summed E-state index contributed by atoms with van der Waals surface area (Å²) >= 11 is 0. The molecular weight excluding hydrogens is 365 g/mol. The molecule has 0 aromatic heterocycles. The average molecular weight is 387 g/mol. The normalized spacial score (nSPS) is 10.3. The van der Waals surface area contributed by atoms with Crippen molar-refractivity contribution in [2.24, 2.45) is 4.99 Å². The Morgan fingerprint density at radius 2 is 2.05 bits per heavy atom. The number of hydrogen-bond acceptors (Lipinski definition) is 2. The molecule has 2 N–H and O–H groups in total. The van der Waals surface area contributed by atoms with Gasteiger partial charge in [0.1, 0.15) is 0 Å². The Bertz CT molecular complexity index is 415. The Hall–Kier alpha value is -1.26. The van der Waals surface area contributed by atoms with Gasteiger partial charge in [-0.25, -0.2) is 0 Å². The van der Waals surface area contributed by atoms with E-state index in [1.54, 1.807) is 0 Å². The monoisotopic (exact) mass is 387 g/mol. The van der Waals surface area contributed by atoms with Crippen LogP contribution in [0, 0.1) is 12.3 Å². The summed E-state index contributed by atoms with van der Waals surface area (Å²) in [5, 5.41) is 6.14. The molecule has 0 aliphatic heterocycles. The molecule has 0 aliphatic carbocycles. The van der Waals surface area contributed by atoms with Gasteiger partial charge in [0.25, 0.3) is 0 Å². The SMILES string of the molecule is C#CCNC(=NCCOCc1ccccc1)NCC.I. The second-order valence-corrected chi connectivity index (χ2v) is 3.86. The third-order valence-electron chi connectivity index (χ3n) is 2.32. The number of guanidine groups is 1. The topological polar surface area (TPSA) is 45.7 Å². The van der Waals surface area contributed by atoms with E-state index in [1.165, 1.54) is 5.56 Å². The van der Waals surface area contributed by atoms with E-state index in [0.717, 1.165) is 12.5 Å². The van der Waals surface area contributed by atoms with Crippen LogP contribution < -0.4 is 10.6 Å². The van der Waals surface area contributed by atoms with E-state index < -0.39 is 0 Å². The predicted octanol–water partition coefficient (Wildman–Crippen LogP) is 2.01. The number of nitrogens with one attached hydrogen (secondary N) is 2. The van der Waals surface area contributed by atoms with Gasteiger partial charge in [0, 0.05) is 6.54 Å². The molecule has 5 heteroatoms. The van der Waals surface area contributed by atoms with Crippen LogP contribution >= 0.6 is 24.0 Å². The Morgan fingerprint density at radius 3 is 2.70 bits per heavy atom. The van der Waals surface area contributed by atoms with E-state index in [0.29, 0.717) is 26.3 Å². The molecular formula is C15H22IN3O. The summed E-state index contributed by atoms with van der Waals surface area (Å²) in [6.07, 6.45) is 5.19. The molecule has 110 valence electrons.